The summed E-state index contributed by atoms with van der Waals surface area (Å²) in [5.41, 5.74) is -0.252. The Bertz CT molecular complexity index is 815. The molecule has 0 bridgehead atoms. The van der Waals surface area contributed by atoms with Crippen molar-refractivity contribution in [2.24, 2.45) is 0 Å². The minimum atomic E-state index is -3.77. The summed E-state index contributed by atoms with van der Waals surface area (Å²) >= 11 is 0. The van der Waals surface area contributed by atoms with Gasteiger partial charge in [0.1, 0.15) is 0 Å². The van der Waals surface area contributed by atoms with Crippen molar-refractivity contribution < 1.29 is 27.9 Å². The molecule has 1 rings (SSSR count). The van der Waals surface area contributed by atoms with E-state index in [1.807, 2.05) is 0 Å². The third kappa shape index (κ3) is 6.47. The van der Waals surface area contributed by atoms with Crippen LogP contribution in [0.25, 0.3) is 0 Å². The normalized spacial score (nSPS) is 13.1. The van der Waals surface area contributed by atoms with E-state index in [0.29, 0.717) is 5.69 Å². The lowest BCUT2D eigenvalue weighted by molar-refractivity contribution is -0.130. The van der Waals surface area contributed by atoms with E-state index in [9.17, 15) is 18.0 Å². The largest absolute Gasteiger partial charge is 0.449 e. The molecule has 9 nitrogen and oxygen atoms in total. The smallest absolute Gasteiger partial charge is 0.341 e. The Kier molecular flexibility index (Phi) is 7.97. The Morgan fingerprint density at radius 3 is 2.36 bits per heavy atom. The number of benzene rings is 1. The summed E-state index contributed by atoms with van der Waals surface area (Å²) in [5.74, 6) is -1.32. The fourth-order valence-electron chi connectivity index (χ4n) is 2.16. The molecular formula is C18H29N3O6S. The number of carbonyl (C=O) groups excluding carboxylic acids is 2. The molecule has 1 atom stereocenters. The highest BCUT2D eigenvalue weighted by Gasteiger charge is 2.26. The average Bonchev–Trinajstić information content (AvgIpc) is 2.57. The molecule has 0 spiro atoms. The highest BCUT2D eigenvalue weighted by Crippen LogP contribution is 2.23. The van der Waals surface area contributed by atoms with Gasteiger partial charge in [-0.05, 0) is 45.9 Å². The fourth-order valence-corrected chi connectivity index (χ4v) is 3.09. The van der Waals surface area contributed by atoms with Crippen LogP contribution in [0.15, 0.2) is 23.1 Å². The number of rotatable bonds is 8. The number of hydrogen-bond donors (Lipinski definition) is 3. The van der Waals surface area contributed by atoms with E-state index < -0.39 is 33.5 Å². The first-order valence-corrected chi connectivity index (χ1v) is 10.2. The SMILES string of the molecule is C[C@@H](OC(=O)c1cc(S(=O)(=O)N(C)C)ccc1NCCO)C(=O)NC(C)(C)C. The molecule has 10 heteroatoms. The molecule has 0 saturated carbocycles. The van der Waals surface area contributed by atoms with Gasteiger partial charge < -0.3 is 20.5 Å². The molecule has 0 radical (unpaired) electrons. The van der Waals surface area contributed by atoms with E-state index in [-0.39, 0.29) is 23.6 Å². The van der Waals surface area contributed by atoms with Crippen LogP contribution in [0.2, 0.25) is 0 Å². The van der Waals surface area contributed by atoms with Crippen molar-refractivity contribution in [3.05, 3.63) is 23.8 Å². The predicted molar refractivity (Wildman–Crippen MR) is 106 cm³/mol. The summed E-state index contributed by atoms with van der Waals surface area (Å²) in [6.45, 7) is 6.79. The van der Waals surface area contributed by atoms with Crippen molar-refractivity contribution in [1.82, 2.24) is 9.62 Å². The molecule has 0 aliphatic rings. The first-order valence-electron chi connectivity index (χ1n) is 8.74. The summed E-state index contributed by atoms with van der Waals surface area (Å²) in [6, 6.07) is 3.95. The molecule has 0 aromatic heterocycles. The van der Waals surface area contributed by atoms with Gasteiger partial charge >= 0.3 is 5.97 Å². The van der Waals surface area contributed by atoms with Crippen LogP contribution in [0.4, 0.5) is 5.69 Å². The first-order chi connectivity index (χ1) is 12.8. The van der Waals surface area contributed by atoms with Gasteiger partial charge in [-0.3, -0.25) is 4.79 Å². The number of aliphatic hydroxyl groups is 1. The van der Waals surface area contributed by atoms with E-state index in [1.165, 1.54) is 39.2 Å². The topological polar surface area (TPSA) is 125 Å². The van der Waals surface area contributed by atoms with Gasteiger partial charge in [0.15, 0.2) is 6.10 Å². The third-order valence-electron chi connectivity index (χ3n) is 3.57. The number of nitrogens with zero attached hydrogens (tertiary/aromatic N) is 1. The minimum Gasteiger partial charge on any atom is -0.449 e. The Balaban J connectivity index is 3.19. The predicted octanol–water partition coefficient (Wildman–Crippen LogP) is 0.801. The van der Waals surface area contributed by atoms with Crippen molar-refractivity contribution in [3.63, 3.8) is 0 Å². The second kappa shape index (κ2) is 9.35. The molecule has 158 valence electrons. The Labute approximate surface area is 166 Å². The highest BCUT2D eigenvalue weighted by atomic mass is 32.2. The number of hydrogen-bond acceptors (Lipinski definition) is 7. The maximum atomic E-state index is 12.6. The Hall–Kier alpha value is -2.17. The van der Waals surface area contributed by atoms with Crippen LogP contribution in [0.5, 0.6) is 0 Å². The van der Waals surface area contributed by atoms with Crippen LogP contribution in [0.3, 0.4) is 0 Å². The van der Waals surface area contributed by atoms with E-state index in [1.54, 1.807) is 20.8 Å². The summed E-state index contributed by atoms with van der Waals surface area (Å²) in [6.07, 6.45) is -1.08. The molecule has 28 heavy (non-hydrogen) atoms. The van der Waals surface area contributed by atoms with Gasteiger partial charge in [0.05, 0.1) is 17.1 Å². The van der Waals surface area contributed by atoms with Crippen LogP contribution in [0, 0.1) is 0 Å². The molecule has 0 aliphatic heterocycles. The average molecular weight is 416 g/mol. The highest BCUT2D eigenvalue weighted by molar-refractivity contribution is 7.89. The van der Waals surface area contributed by atoms with E-state index in [4.69, 9.17) is 9.84 Å². The quantitative estimate of drug-likeness (QED) is 0.536. The number of amides is 1. The summed E-state index contributed by atoms with van der Waals surface area (Å²) in [7, 11) is -1.01. The third-order valence-corrected chi connectivity index (χ3v) is 5.38. The van der Waals surface area contributed by atoms with Gasteiger partial charge in [-0.25, -0.2) is 17.5 Å². The molecular weight excluding hydrogens is 386 g/mol. The molecule has 0 fully saturated rings. The van der Waals surface area contributed by atoms with Crippen molar-refractivity contribution in [1.29, 1.82) is 0 Å². The maximum absolute atomic E-state index is 12.6. The second-order valence-corrected chi connectivity index (χ2v) is 9.58. The van der Waals surface area contributed by atoms with E-state index >= 15 is 0 Å². The Morgan fingerprint density at radius 1 is 1.25 bits per heavy atom. The van der Waals surface area contributed by atoms with Crippen molar-refractivity contribution >= 4 is 27.6 Å². The molecule has 1 amide bonds. The van der Waals surface area contributed by atoms with Gasteiger partial charge in [0.25, 0.3) is 5.91 Å². The van der Waals surface area contributed by atoms with Crippen LogP contribution in [-0.2, 0) is 19.6 Å². The van der Waals surface area contributed by atoms with Crippen molar-refractivity contribution in [2.45, 2.75) is 44.2 Å². The lowest BCUT2D eigenvalue weighted by atomic mass is 10.1. The number of aliphatic hydroxyl groups excluding tert-OH is 1. The van der Waals surface area contributed by atoms with E-state index in [0.717, 1.165) is 4.31 Å². The van der Waals surface area contributed by atoms with Gasteiger partial charge in [0, 0.05) is 31.9 Å². The van der Waals surface area contributed by atoms with Crippen LogP contribution < -0.4 is 10.6 Å². The first kappa shape index (κ1) is 23.9. The van der Waals surface area contributed by atoms with Gasteiger partial charge in [-0.15, -0.1) is 0 Å². The monoisotopic (exact) mass is 415 g/mol. The maximum Gasteiger partial charge on any atom is 0.341 e. The van der Waals surface area contributed by atoms with E-state index in [2.05, 4.69) is 10.6 Å². The van der Waals surface area contributed by atoms with Crippen LogP contribution in [-0.4, -0.2) is 68.6 Å². The van der Waals surface area contributed by atoms with Crippen molar-refractivity contribution in [3.8, 4) is 0 Å². The number of anilines is 1. The summed E-state index contributed by atoms with van der Waals surface area (Å²) in [5, 5.41) is 14.5. The summed E-state index contributed by atoms with van der Waals surface area (Å²) < 4.78 is 31.0. The fraction of sp³-hybridized carbons (Fsp3) is 0.556. The zero-order valence-electron chi connectivity index (χ0n) is 17.1. The van der Waals surface area contributed by atoms with Gasteiger partial charge in [-0.1, -0.05) is 0 Å². The molecule has 0 heterocycles. The zero-order valence-corrected chi connectivity index (χ0v) is 17.9. The second-order valence-electron chi connectivity index (χ2n) is 7.43. The zero-order chi connectivity index (χ0) is 21.7. The molecule has 1 aromatic carbocycles. The van der Waals surface area contributed by atoms with Crippen LogP contribution in [0.1, 0.15) is 38.1 Å². The van der Waals surface area contributed by atoms with Crippen molar-refractivity contribution in [2.75, 3.05) is 32.6 Å². The Morgan fingerprint density at radius 2 is 1.86 bits per heavy atom. The lowest BCUT2D eigenvalue weighted by Crippen LogP contribution is -2.46. The molecule has 0 unspecified atom stereocenters. The summed E-state index contributed by atoms with van der Waals surface area (Å²) in [4.78, 5) is 24.7. The number of sulfonamides is 1. The van der Waals surface area contributed by atoms with Gasteiger partial charge in [-0.2, -0.15) is 0 Å². The molecule has 3 N–H and O–H groups in total. The number of esters is 1. The molecule has 0 aliphatic carbocycles. The number of nitrogens with one attached hydrogen (secondary N) is 2. The number of carbonyl (C=O) groups is 2. The number of ether oxygens (including phenoxy) is 1. The minimum absolute atomic E-state index is 0.0493. The lowest BCUT2D eigenvalue weighted by Gasteiger charge is -2.23. The van der Waals surface area contributed by atoms with Crippen LogP contribution >= 0.6 is 0 Å². The standard InChI is InChI=1S/C18H29N3O6S/c1-12(16(23)20-18(2,3)4)27-17(24)14-11-13(28(25,26)21(5)6)7-8-15(14)19-9-10-22/h7-8,11-12,19,22H,9-10H2,1-6H3,(H,20,23)/t12-/m1/s1. The molecule has 0 saturated heterocycles. The van der Waals surface area contributed by atoms with Gasteiger partial charge in [0.2, 0.25) is 10.0 Å². The molecule has 1 aromatic rings.